The van der Waals surface area contributed by atoms with Gasteiger partial charge in [0.05, 0.1) is 25.2 Å². The fourth-order valence-corrected chi connectivity index (χ4v) is 4.75. The molecule has 0 N–H and O–H groups in total. The van der Waals surface area contributed by atoms with E-state index in [1.807, 2.05) is 72.1 Å². The molecule has 0 bridgehead atoms. The first-order chi connectivity index (χ1) is 14.3. The lowest BCUT2D eigenvalue weighted by molar-refractivity contribution is -0.118. The molecule has 6 heteroatoms. The first-order valence-corrected chi connectivity index (χ1v) is 11.2. The van der Waals surface area contributed by atoms with Crippen LogP contribution in [0.15, 0.2) is 77.9 Å². The summed E-state index contributed by atoms with van der Waals surface area (Å²) in [6.45, 7) is 1.01. The second kappa shape index (κ2) is 9.20. The van der Waals surface area contributed by atoms with Gasteiger partial charge in [-0.3, -0.25) is 4.79 Å². The van der Waals surface area contributed by atoms with E-state index in [0.717, 1.165) is 32.5 Å². The number of carbonyl (C=O) groups is 1. The lowest BCUT2D eigenvalue weighted by Crippen LogP contribution is -2.33. The Bertz CT molecular complexity index is 983. The van der Waals surface area contributed by atoms with Crippen molar-refractivity contribution in [1.82, 2.24) is 0 Å². The van der Waals surface area contributed by atoms with E-state index in [-0.39, 0.29) is 5.91 Å². The molecule has 0 saturated heterocycles. The zero-order chi connectivity index (χ0) is 20.1. The number of benzene rings is 2. The van der Waals surface area contributed by atoms with E-state index in [9.17, 15) is 4.79 Å². The van der Waals surface area contributed by atoms with Gasteiger partial charge in [-0.25, -0.2) is 0 Å². The van der Waals surface area contributed by atoms with Gasteiger partial charge >= 0.3 is 0 Å². The molecule has 0 radical (unpaired) electrons. The Kier molecular flexibility index (Phi) is 6.22. The van der Waals surface area contributed by atoms with Crippen molar-refractivity contribution in [1.29, 1.82) is 0 Å². The van der Waals surface area contributed by atoms with E-state index in [4.69, 9.17) is 9.47 Å². The lowest BCUT2D eigenvalue weighted by atomic mass is 10.1. The number of ether oxygens (including phenoxy) is 2. The van der Waals surface area contributed by atoms with Gasteiger partial charge in [0.15, 0.2) is 5.76 Å². The Hall–Kier alpha value is -2.70. The first-order valence-electron chi connectivity index (χ1n) is 9.30. The van der Waals surface area contributed by atoms with Crippen LogP contribution in [0, 0.1) is 0 Å². The van der Waals surface area contributed by atoms with Crippen molar-refractivity contribution in [2.75, 3.05) is 24.4 Å². The van der Waals surface area contributed by atoms with Crippen LogP contribution in [0.2, 0.25) is 0 Å². The topological polar surface area (TPSA) is 38.8 Å². The van der Waals surface area contributed by atoms with Crippen LogP contribution >= 0.6 is 23.1 Å². The molecule has 0 atom stereocenters. The lowest BCUT2D eigenvalue weighted by Gasteiger charge is -2.27. The predicted molar refractivity (Wildman–Crippen MR) is 120 cm³/mol. The molecule has 29 heavy (non-hydrogen) atoms. The highest BCUT2D eigenvalue weighted by atomic mass is 32.2. The standard InChI is InChI=1S/C23H21NO3S2/c1-26-19-11-9-18(10-12-19)24(16-20-8-5-14-28-20)23(25)21-22(29-15-13-27-21)17-6-3-2-4-7-17/h2-12,14H,13,15-16H2,1H3. The first kappa shape index (κ1) is 19.6. The number of amides is 1. The number of nitrogens with zero attached hydrogens (tertiary/aromatic N) is 1. The maximum Gasteiger partial charge on any atom is 0.294 e. The summed E-state index contributed by atoms with van der Waals surface area (Å²) in [6.07, 6.45) is 0. The number of thioether (sulfide) groups is 1. The molecule has 4 nitrogen and oxygen atoms in total. The van der Waals surface area contributed by atoms with E-state index in [1.165, 1.54) is 0 Å². The highest BCUT2D eigenvalue weighted by Crippen LogP contribution is 2.36. The Balaban J connectivity index is 1.73. The van der Waals surface area contributed by atoms with E-state index in [0.29, 0.717) is 18.9 Å². The quantitative estimate of drug-likeness (QED) is 0.530. The number of methoxy groups -OCH3 is 1. The van der Waals surface area contributed by atoms with Crippen molar-refractivity contribution in [3.05, 3.63) is 88.3 Å². The largest absolute Gasteiger partial charge is 0.497 e. The maximum absolute atomic E-state index is 13.7. The molecule has 1 amide bonds. The van der Waals surface area contributed by atoms with E-state index >= 15 is 0 Å². The van der Waals surface area contributed by atoms with Crippen molar-refractivity contribution >= 4 is 39.6 Å². The van der Waals surface area contributed by atoms with Gasteiger partial charge in [-0.15, -0.1) is 23.1 Å². The van der Waals surface area contributed by atoms with Gasteiger partial charge in [-0.1, -0.05) is 36.4 Å². The van der Waals surface area contributed by atoms with Crippen LogP contribution in [0.25, 0.3) is 4.91 Å². The number of anilines is 1. The minimum absolute atomic E-state index is 0.130. The summed E-state index contributed by atoms with van der Waals surface area (Å²) < 4.78 is 11.2. The Labute approximate surface area is 178 Å². The smallest absolute Gasteiger partial charge is 0.294 e. The molecule has 0 fully saturated rings. The molecule has 4 rings (SSSR count). The summed E-state index contributed by atoms with van der Waals surface area (Å²) in [5.41, 5.74) is 1.81. The monoisotopic (exact) mass is 423 g/mol. The highest BCUT2D eigenvalue weighted by Gasteiger charge is 2.28. The maximum atomic E-state index is 13.7. The number of thiophene rings is 1. The van der Waals surface area contributed by atoms with Crippen LogP contribution in [-0.4, -0.2) is 25.4 Å². The zero-order valence-electron chi connectivity index (χ0n) is 16.0. The van der Waals surface area contributed by atoms with Crippen molar-refractivity contribution in [2.45, 2.75) is 6.54 Å². The van der Waals surface area contributed by atoms with Crippen molar-refractivity contribution in [2.24, 2.45) is 0 Å². The minimum Gasteiger partial charge on any atom is -0.497 e. The molecule has 0 saturated carbocycles. The predicted octanol–water partition coefficient (Wildman–Crippen LogP) is 5.42. The third kappa shape index (κ3) is 4.49. The fraction of sp³-hybridized carbons (Fsp3) is 0.174. The summed E-state index contributed by atoms with van der Waals surface area (Å²) in [5.74, 6) is 1.87. The Morgan fingerprint density at radius 1 is 1.07 bits per heavy atom. The summed E-state index contributed by atoms with van der Waals surface area (Å²) >= 11 is 3.30. The molecule has 0 aliphatic carbocycles. The third-order valence-electron chi connectivity index (χ3n) is 4.54. The Morgan fingerprint density at radius 3 is 2.55 bits per heavy atom. The highest BCUT2D eigenvalue weighted by molar-refractivity contribution is 8.08. The number of rotatable bonds is 6. The van der Waals surface area contributed by atoms with Gasteiger partial charge in [0.2, 0.25) is 0 Å². The van der Waals surface area contributed by atoms with Gasteiger partial charge in [-0.05, 0) is 41.3 Å². The number of hydrogen-bond acceptors (Lipinski definition) is 5. The molecule has 1 aromatic heterocycles. The molecule has 1 aliphatic rings. The molecule has 2 heterocycles. The van der Waals surface area contributed by atoms with Crippen molar-refractivity contribution < 1.29 is 14.3 Å². The van der Waals surface area contributed by atoms with Gasteiger partial charge in [-0.2, -0.15) is 0 Å². The van der Waals surface area contributed by atoms with Crippen LogP contribution in [0.5, 0.6) is 5.75 Å². The van der Waals surface area contributed by atoms with Crippen LogP contribution in [0.3, 0.4) is 0 Å². The summed E-state index contributed by atoms with van der Waals surface area (Å²) in [4.78, 5) is 17.4. The molecular formula is C23H21NO3S2. The van der Waals surface area contributed by atoms with Gasteiger partial charge in [0, 0.05) is 16.3 Å². The van der Waals surface area contributed by atoms with Gasteiger partial charge in [0.1, 0.15) is 5.75 Å². The normalized spacial score (nSPS) is 13.7. The van der Waals surface area contributed by atoms with Crippen molar-refractivity contribution in [3.63, 3.8) is 0 Å². The van der Waals surface area contributed by atoms with Gasteiger partial charge < -0.3 is 14.4 Å². The van der Waals surface area contributed by atoms with Crippen LogP contribution < -0.4 is 9.64 Å². The molecule has 148 valence electrons. The molecule has 0 spiro atoms. The number of hydrogen-bond donors (Lipinski definition) is 0. The average molecular weight is 424 g/mol. The molecule has 3 aromatic rings. The van der Waals surface area contributed by atoms with E-state index in [1.54, 1.807) is 35.1 Å². The summed E-state index contributed by atoms with van der Waals surface area (Å²) in [7, 11) is 1.63. The molecule has 1 aliphatic heterocycles. The third-order valence-corrected chi connectivity index (χ3v) is 6.48. The second-order valence-corrected chi connectivity index (χ2v) is 8.53. The van der Waals surface area contributed by atoms with E-state index < -0.39 is 0 Å². The van der Waals surface area contributed by atoms with Gasteiger partial charge in [0.25, 0.3) is 5.91 Å². The molecular weight excluding hydrogens is 402 g/mol. The minimum atomic E-state index is -0.130. The van der Waals surface area contributed by atoms with E-state index in [2.05, 4.69) is 0 Å². The second-order valence-electron chi connectivity index (χ2n) is 6.39. The Morgan fingerprint density at radius 2 is 1.86 bits per heavy atom. The summed E-state index contributed by atoms with van der Waals surface area (Å²) in [5, 5.41) is 2.02. The number of carbonyl (C=O) groups excluding carboxylic acids is 1. The fourth-order valence-electron chi connectivity index (χ4n) is 3.10. The van der Waals surface area contributed by atoms with Crippen LogP contribution in [0.4, 0.5) is 5.69 Å². The summed E-state index contributed by atoms with van der Waals surface area (Å²) in [6, 6.07) is 21.5. The SMILES string of the molecule is COc1ccc(N(Cc2cccs2)C(=O)C2=C(c3ccccc3)SCCO2)cc1. The molecule has 2 aromatic carbocycles. The average Bonchev–Trinajstić information content (AvgIpc) is 3.31. The van der Waals surface area contributed by atoms with Crippen molar-refractivity contribution in [3.8, 4) is 5.75 Å². The van der Waals surface area contributed by atoms with Crippen LogP contribution in [-0.2, 0) is 16.1 Å². The molecule has 0 unspecified atom stereocenters. The zero-order valence-corrected chi connectivity index (χ0v) is 17.7. The van der Waals surface area contributed by atoms with Crippen LogP contribution in [0.1, 0.15) is 10.4 Å².